The van der Waals surface area contributed by atoms with Crippen LogP contribution < -0.4 is 9.47 Å². The van der Waals surface area contributed by atoms with Gasteiger partial charge < -0.3 is 9.47 Å². The normalized spacial score (nSPS) is 10.0. The summed E-state index contributed by atoms with van der Waals surface area (Å²) in [6.45, 7) is 0. The van der Waals surface area contributed by atoms with Crippen molar-refractivity contribution in [2.75, 3.05) is 14.2 Å². The van der Waals surface area contributed by atoms with E-state index in [0.29, 0.717) is 0 Å². The van der Waals surface area contributed by atoms with Gasteiger partial charge in [-0.05, 0) is 24.3 Å². The summed E-state index contributed by atoms with van der Waals surface area (Å²) in [5.41, 5.74) is 0.994. The molecular weight excluding hydrogens is 208 g/mol. The molecule has 2 aromatic rings. The van der Waals surface area contributed by atoms with Crippen molar-refractivity contribution in [3.8, 4) is 21.9 Å². The predicted octanol–water partition coefficient (Wildman–Crippen LogP) is 3.23. The van der Waals surface area contributed by atoms with Gasteiger partial charge in [0.1, 0.15) is 11.5 Å². The van der Waals surface area contributed by atoms with Crippen LogP contribution >= 0.6 is 11.3 Å². The minimum Gasteiger partial charge on any atom is -0.496 e. The second-order valence-electron chi connectivity index (χ2n) is 2.96. The Hall–Kier alpha value is -1.48. The lowest BCUT2D eigenvalue weighted by atomic mass is 10.1. The molecule has 3 heteroatoms. The maximum atomic E-state index is 5.32. The Morgan fingerprint density at radius 3 is 2.20 bits per heavy atom. The third-order valence-corrected chi connectivity index (χ3v) is 2.96. The molecule has 0 aliphatic rings. The molecule has 0 spiro atoms. The second kappa shape index (κ2) is 4.36. The SMILES string of the molecule is COc1cccc(OC)c1-c1cc[c]s1. The lowest BCUT2D eigenvalue weighted by Gasteiger charge is -2.11. The van der Waals surface area contributed by atoms with E-state index in [4.69, 9.17) is 9.47 Å². The predicted molar refractivity (Wildman–Crippen MR) is 61.7 cm³/mol. The minimum atomic E-state index is 0.824. The van der Waals surface area contributed by atoms with E-state index >= 15 is 0 Å². The van der Waals surface area contributed by atoms with E-state index in [1.54, 1.807) is 25.6 Å². The third-order valence-electron chi connectivity index (χ3n) is 2.15. The number of methoxy groups -OCH3 is 2. The van der Waals surface area contributed by atoms with Gasteiger partial charge in [0, 0.05) is 10.3 Å². The highest BCUT2D eigenvalue weighted by atomic mass is 32.1. The van der Waals surface area contributed by atoms with Gasteiger partial charge in [0.25, 0.3) is 0 Å². The Bertz CT molecular complexity index is 413. The van der Waals surface area contributed by atoms with E-state index in [-0.39, 0.29) is 0 Å². The monoisotopic (exact) mass is 219 g/mol. The van der Waals surface area contributed by atoms with Crippen LogP contribution in [0.15, 0.2) is 30.3 Å². The number of rotatable bonds is 3. The molecule has 1 heterocycles. The molecule has 0 bridgehead atoms. The zero-order chi connectivity index (χ0) is 10.7. The molecule has 0 atom stereocenters. The van der Waals surface area contributed by atoms with Gasteiger partial charge >= 0.3 is 0 Å². The average Bonchev–Trinajstić information content (AvgIpc) is 2.81. The Morgan fingerprint density at radius 1 is 1.07 bits per heavy atom. The van der Waals surface area contributed by atoms with Gasteiger partial charge in [-0.3, -0.25) is 0 Å². The zero-order valence-corrected chi connectivity index (χ0v) is 9.43. The highest BCUT2D eigenvalue weighted by Gasteiger charge is 2.12. The van der Waals surface area contributed by atoms with Crippen molar-refractivity contribution < 1.29 is 9.47 Å². The van der Waals surface area contributed by atoms with Crippen molar-refractivity contribution in [1.29, 1.82) is 0 Å². The van der Waals surface area contributed by atoms with Gasteiger partial charge in [-0.1, -0.05) is 6.07 Å². The lowest BCUT2D eigenvalue weighted by Crippen LogP contribution is -1.91. The fraction of sp³-hybridized carbons (Fsp3) is 0.167. The molecule has 2 rings (SSSR count). The number of hydrogen-bond donors (Lipinski definition) is 0. The van der Waals surface area contributed by atoms with Gasteiger partial charge in [-0.15, -0.1) is 11.3 Å². The maximum absolute atomic E-state index is 5.32. The first-order valence-electron chi connectivity index (χ1n) is 4.54. The molecule has 77 valence electrons. The molecule has 1 radical (unpaired) electrons. The quantitative estimate of drug-likeness (QED) is 0.789. The van der Waals surface area contributed by atoms with E-state index in [1.165, 1.54) is 0 Å². The van der Waals surface area contributed by atoms with Gasteiger partial charge in [0.15, 0.2) is 0 Å². The number of ether oxygens (including phenoxy) is 2. The first-order chi connectivity index (χ1) is 7.36. The molecule has 0 saturated carbocycles. The van der Waals surface area contributed by atoms with Crippen LogP contribution in [0.3, 0.4) is 0 Å². The standard InChI is InChI=1S/C12H11O2S/c1-13-9-5-3-6-10(14-2)12(9)11-7-4-8-15-11/h3-7H,1-2H3. The summed E-state index contributed by atoms with van der Waals surface area (Å²) in [5.74, 6) is 1.65. The summed E-state index contributed by atoms with van der Waals surface area (Å²) >= 11 is 1.55. The van der Waals surface area contributed by atoms with E-state index in [9.17, 15) is 0 Å². The summed E-state index contributed by atoms with van der Waals surface area (Å²) in [5, 5.41) is 3.06. The molecule has 0 fully saturated rings. The van der Waals surface area contributed by atoms with Crippen LogP contribution in [0.4, 0.5) is 0 Å². The molecule has 0 unspecified atom stereocenters. The van der Waals surface area contributed by atoms with Crippen LogP contribution in [0, 0.1) is 5.38 Å². The molecule has 0 N–H and O–H groups in total. The molecule has 1 aromatic heterocycles. The number of benzene rings is 1. The molecule has 15 heavy (non-hydrogen) atoms. The second-order valence-corrected chi connectivity index (χ2v) is 3.83. The largest absolute Gasteiger partial charge is 0.496 e. The van der Waals surface area contributed by atoms with E-state index < -0.39 is 0 Å². The fourth-order valence-corrected chi connectivity index (χ4v) is 2.17. The van der Waals surface area contributed by atoms with Crippen molar-refractivity contribution in [2.24, 2.45) is 0 Å². The molecule has 0 saturated heterocycles. The first kappa shape index (κ1) is 10.1. The van der Waals surface area contributed by atoms with Gasteiger partial charge in [-0.2, -0.15) is 0 Å². The Labute approximate surface area is 93.1 Å². The van der Waals surface area contributed by atoms with Crippen molar-refractivity contribution in [3.63, 3.8) is 0 Å². The topological polar surface area (TPSA) is 18.5 Å². The van der Waals surface area contributed by atoms with Crippen LogP contribution in [0.5, 0.6) is 11.5 Å². The van der Waals surface area contributed by atoms with Crippen LogP contribution in [0.25, 0.3) is 10.4 Å². The smallest absolute Gasteiger partial charge is 0.131 e. The van der Waals surface area contributed by atoms with Crippen molar-refractivity contribution in [2.45, 2.75) is 0 Å². The Morgan fingerprint density at radius 2 is 1.73 bits per heavy atom. The highest BCUT2D eigenvalue weighted by molar-refractivity contribution is 7.13. The minimum absolute atomic E-state index is 0.824. The summed E-state index contributed by atoms with van der Waals surface area (Å²) in [4.78, 5) is 1.10. The van der Waals surface area contributed by atoms with Crippen molar-refractivity contribution >= 4 is 11.3 Å². The number of hydrogen-bond acceptors (Lipinski definition) is 3. The number of thiophene rings is 1. The molecule has 2 nitrogen and oxygen atoms in total. The van der Waals surface area contributed by atoms with E-state index in [2.05, 4.69) is 5.38 Å². The van der Waals surface area contributed by atoms with Crippen LogP contribution in [0.2, 0.25) is 0 Å². The average molecular weight is 219 g/mol. The van der Waals surface area contributed by atoms with Crippen molar-refractivity contribution in [1.82, 2.24) is 0 Å². The summed E-state index contributed by atoms with van der Waals surface area (Å²) in [7, 11) is 3.32. The summed E-state index contributed by atoms with van der Waals surface area (Å²) < 4.78 is 10.6. The maximum Gasteiger partial charge on any atom is 0.131 e. The third kappa shape index (κ3) is 1.83. The van der Waals surface area contributed by atoms with Gasteiger partial charge in [0.2, 0.25) is 0 Å². The molecule has 0 amide bonds. The Kier molecular flexibility index (Phi) is 2.92. The molecule has 0 aliphatic carbocycles. The van der Waals surface area contributed by atoms with Crippen LogP contribution in [-0.2, 0) is 0 Å². The van der Waals surface area contributed by atoms with E-state index in [1.807, 2.05) is 30.3 Å². The molecule has 1 aromatic carbocycles. The van der Waals surface area contributed by atoms with Gasteiger partial charge in [0.05, 0.1) is 19.8 Å². The van der Waals surface area contributed by atoms with Crippen molar-refractivity contribution in [3.05, 3.63) is 35.7 Å². The van der Waals surface area contributed by atoms with Crippen LogP contribution in [0.1, 0.15) is 0 Å². The first-order valence-corrected chi connectivity index (χ1v) is 5.35. The molecule has 0 aliphatic heterocycles. The highest BCUT2D eigenvalue weighted by Crippen LogP contribution is 2.40. The summed E-state index contributed by atoms with van der Waals surface area (Å²) in [6, 6.07) is 9.67. The van der Waals surface area contributed by atoms with Gasteiger partial charge in [-0.25, -0.2) is 0 Å². The zero-order valence-electron chi connectivity index (χ0n) is 8.61. The fourth-order valence-electron chi connectivity index (χ4n) is 1.47. The van der Waals surface area contributed by atoms with Crippen LogP contribution in [-0.4, -0.2) is 14.2 Å². The van der Waals surface area contributed by atoms with E-state index in [0.717, 1.165) is 21.9 Å². The lowest BCUT2D eigenvalue weighted by molar-refractivity contribution is 0.397. The summed E-state index contributed by atoms with van der Waals surface area (Å²) in [6.07, 6.45) is 0. The molecular formula is C12H11O2S. The Balaban J connectivity index is 2.61.